The molecule has 2 rings (SSSR count). The number of nitrogens with one attached hydrogen (secondary N) is 1. The van der Waals surface area contributed by atoms with Gasteiger partial charge in [0.05, 0.1) is 18.0 Å². The summed E-state index contributed by atoms with van der Waals surface area (Å²) in [7, 11) is 1.44. The maximum absolute atomic E-state index is 12.2. The fourth-order valence-electron chi connectivity index (χ4n) is 2.94. The SMILES string of the molecule is CN1C(=O)[C@H](CC(=O)O)NC2(CCCCC2)C1=O. The van der Waals surface area contributed by atoms with Crippen LogP contribution in [-0.2, 0) is 14.4 Å². The highest BCUT2D eigenvalue weighted by atomic mass is 16.4. The van der Waals surface area contributed by atoms with Crippen molar-refractivity contribution < 1.29 is 19.5 Å². The summed E-state index contributed by atoms with van der Waals surface area (Å²) in [5.74, 6) is -1.69. The summed E-state index contributed by atoms with van der Waals surface area (Å²) in [6.07, 6.45) is 4.02. The maximum atomic E-state index is 12.2. The molecule has 6 heteroatoms. The molecular weight excluding hydrogens is 236 g/mol. The highest BCUT2D eigenvalue weighted by Gasteiger charge is 2.50. The van der Waals surface area contributed by atoms with Crippen LogP contribution in [0.25, 0.3) is 0 Å². The quantitative estimate of drug-likeness (QED) is 0.683. The average Bonchev–Trinajstić information content (AvgIpc) is 2.34. The molecule has 1 aliphatic carbocycles. The third-order valence-corrected chi connectivity index (χ3v) is 3.88. The van der Waals surface area contributed by atoms with Gasteiger partial charge in [0, 0.05) is 7.05 Å². The van der Waals surface area contributed by atoms with Crippen LogP contribution in [0.3, 0.4) is 0 Å². The number of carbonyl (C=O) groups excluding carboxylic acids is 2. The Morgan fingerprint density at radius 1 is 1.39 bits per heavy atom. The largest absolute Gasteiger partial charge is 0.481 e. The van der Waals surface area contributed by atoms with Crippen LogP contribution < -0.4 is 5.32 Å². The minimum Gasteiger partial charge on any atom is -0.481 e. The van der Waals surface area contributed by atoms with E-state index in [2.05, 4.69) is 5.32 Å². The number of piperazine rings is 1. The lowest BCUT2D eigenvalue weighted by molar-refractivity contribution is -0.158. The molecule has 1 heterocycles. The number of amides is 2. The van der Waals surface area contributed by atoms with Gasteiger partial charge in [-0.15, -0.1) is 0 Å². The predicted octanol–water partition coefficient (Wildman–Crippen LogP) is 0.121. The molecule has 0 radical (unpaired) electrons. The minimum atomic E-state index is -1.03. The molecule has 2 amide bonds. The maximum Gasteiger partial charge on any atom is 0.305 e. The molecular formula is C12H18N2O4. The van der Waals surface area contributed by atoms with Crippen molar-refractivity contribution in [1.29, 1.82) is 0 Å². The van der Waals surface area contributed by atoms with Crippen molar-refractivity contribution in [3.05, 3.63) is 0 Å². The molecule has 0 unspecified atom stereocenters. The van der Waals surface area contributed by atoms with Gasteiger partial charge in [0.2, 0.25) is 11.8 Å². The van der Waals surface area contributed by atoms with E-state index in [0.29, 0.717) is 12.8 Å². The van der Waals surface area contributed by atoms with Gasteiger partial charge < -0.3 is 5.11 Å². The smallest absolute Gasteiger partial charge is 0.305 e. The van der Waals surface area contributed by atoms with Crippen LogP contribution >= 0.6 is 0 Å². The van der Waals surface area contributed by atoms with E-state index in [9.17, 15) is 14.4 Å². The fraction of sp³-hybridized carbons (Fsp3) is 0.750. The molecule has 0 aromatic carbocycles. The van der Waals surface area contributed by atoms with Gasteiger partial charge in [0.15, 0.2) is 0 Å². The molecule has 100 valence electrons. The normalized spacial score (nSPS) is 27.6. The standard InChI is InChI=1S/C12H18N2O4/c1-14-10(17)8(7-9(15)16)13-12(11(14)18)5-3-2-4-6-12/h8,13H,2-7H2,1H3,(H,15,16)/t8-/m0/s1. The number of likely N-dealkylation sites (N-methyl/N-ethyl adjacent to an activating group) is 1. The molecule has 0 bridgehead atoms. The van der Waals surface area contributed by atoms with Crippen molar-refractivity contribution in [2.75, 3.05) is 7.05 Å². The zero-order chi connectivity index (χ0) is 13.3. The van der Waals surface area contributed by atoms with Gasteiger partial charge in [-0.3, -0.25) is 24.6 Å². The van der Waals surface area contributed by atoms with Crippen molar-refractivity contribution in [2.24, 2.45) is 0 Å². The monoisotopic (exact) mass is 254 g/mol. The highest BCUT2D eigenvalue weighted by Crippen LogP contribution is 2.33. The molecule has 2 N–H and O–H groups in total. The van der Waals surface area contributed by atoms with Gasteiger partial charge in [-0.2, -0.15) is 0 Å². The molecule has 1 atom stereocenters. The lowest BCUT2D eigenvalue weighted by Crippen LogP contribution is -2.70. The van der Waals surface area contributed by atoms with E-state index in [1.807, 2.05) is 0 Å². The second-order valence-electron chi connectivity index (χ2n) is 5.14. The summed E-state index contributed by atoms with van der Waals surface area (Å²) in [5, 5.41) is 11.8. The van der Waals surface area contributed by atoms with Crippen LogP contribution in [0.5, 0.6) is 0 Å². The Labute approximate surface area is 105 Å². The molecule has 2 aliphatic rings. The first kappa shape index (κ1) is 13.0. The summed E-state index contributed by atoms with van der Waals surface area (Å²) >= 11 is 0. The molecule has 1 aliphatic heterocycles. The number of hydrogen-bond donors (Lipinski definition) is 2. The summed E-state index contributed by atoms with van der Waals surface area (Å²) in [6.45, 7) is 0. The van der Waals surface area contributed by atoms with Gasteiger partial charge in [-0.1, -0.05) is 19.3 Å². The van der Waals surface area contributed by atoms with E-state index >= 15 is 0 Å². The van der Waals surface area contributed by atoms with Crippen LogP contribution in [-0.4, -0.2) is 46.4 Å². The van der Waals surface area contributed by atoms with E-state index in [4.69, 9.17) is 5.11 Å². The zero-order valence-electron chi connectivity index (χ0n) is 10.4. The number of nitrogens with zero attached hydrogens (tertiary/aromatic N) is 1. The Balaban J connectivity index is 2.23. The summed E-state index contributed by atoms with van der Waals surface area (Å²) in [5.41, 5.74) is -0.721. The highest BCUT2D eigenvalue weighted by molar-refractivity contribution is 6.05. The first-order valence-corrected chi connectivity index (χ1v) is 6.28. The Bertz CT molecular complexity index is 388. The van der Waals surface area contributed by atoms with Crippen LogP contribution in [0, 0.1) is 0 Å². The topological polar surface area (TPSA) is 86.7 Å². The molecule has 6 nitrogen and oxygen atoms in total. The van der Waals surface area contributed by atoms with Crippen molar-refractivity contribution >= 4 is 17.8 Å². The zero-order valence-corrected chi connectivity index (χ0v) is 10.4. The van der Waals surface area contributed by atoms with E-state index in [0.717, 1.165) is 24.2 Å². The van der Waals surface area contributed by atoms with Gasteiger partial charge in [-0.25, -0.2) is 0 Å². The Morgan fingerprint density at radius 2 is 2.00 bits per heavy atom. The van der Waals surface area contributed by atoms with Crippen molar-refractivity contribution in [2.45, 2.75) is 50.1 Å². The molecule has 1 spiro atoms. The summed E-state index contributed by atoms with van der Waals surface area (Å²) < 4.78 is 0. The molecule has 2 fully saturated rings. The molecule has 18 heavy (non-hydrogen) atoms. The van der Waals surface area contributed by atoms with Crippen molar-refractivity contribution in [3.8, 4) is 0 Å². The minimum absolute atomic E-state index is 0.214. The predicted molar refractivity (Wildman–Crippen MR) is 62.8 cm³/mol. The second-order valence-corrected chi connectivity index (χ2v) is 5.14. The number of hydrogen-bond acceptors (Lipinski definition) is 4. The van der Waals surface area contributed by atoms with Gasteiger partial charge in [-0.05, 0) is 12.8 Å². The lowest BCUT2D eigenvalue weighted by atomic mass is 9.78. The Hall–Kier alpha value is -1.43. The van der Waals surface area contributed by atoms with Crippen LogP contribution in [0.2, 0.25) is 0 Å². The van der Waals surface area contributed by atoms with Crippen molar-refractivity contribution in [1.82, 2.24) is 10.2 Å². The van der Waals surface area contributed by atoms with Gasteiger partial charge >= 0.3 is 5.97 Å². The molecule has 0 aromatic heterocycles. The van der Waals surface area contributed by atoms with E-state index in [1.165, 1.54) is 7.05 Å². The van der Waals surface area contributed by atoms with Gasteiger partial charge in [0.25, 0.3) is 0 Å². The Kier molecular flexibility index (Phi) is 3.38. The van der Waals surface area contributed by atoms with E-state index in [1.54, 1.807) is 0 Å². The Morgan fingerprint density at radius 3 is 2.56 bits per heavy atom. The van der Waals surface area contributed by atoms with Crippen LogP contribution in [0.15, 0.2) is 0 Å². The number of carbonyl (C=O) groups is 3. The van der Waals surface area contributed by atoms with Crippen LogP contribution in [0.4, 0.5) is 0 Å². The molecule has 0 aromatic rings. The molecule has 1 saturated carbocycles. The number of aliphatic carboxylic acids is 1. The first-order valence-electron chi connectivity index (χ1n) is 6.28. The summed E-state index contributed by atoms with van der Waals surface area (Å²) in [4.78, 5) is 36.0. The fourth-order valence-corrected chi connectivity index (χ4v) is 2.94. The number of carboxylic acid groups (broad SMARTS) is 1. The lowest BCUT2D eigenvalue weighted by Gasteiger charge is -2.45. The van der Waals surface area contributed by atoms with Crippen LogP contribution in [0.1, 0.15) is 38.5 Å². The number of rotatable bonds is 2. The second kappa shape index (κ2) is 4.68. The first-order chi connectivity index (χ1) is 8.46. The third kappa shape index (κ3) is 2.12. The molecule has 1 saturated heterocycles. The number of imide groups is 1. The third-order valence-electron chi connectivity index (χ3n) is 3.88. The van der Waals surface area contributed by atoms with E-state index < -0.39 is 23.5 Å². The summed E-state index contributed by atoms with van der Waals surface area (Å²) in [6, 6.07) is -0.789. The average molecular weight is 254 g/mol. The van der Waals surface area contributed by atoms with E-state index in [-0.39, 0.29) is 12.3 Å². The number of carboxylic acids is 1. The van der Waals surface area contributed by atoms with Gasteiger partial charge in [0.1, 0.15) is 0 Å². The van der Waals surface area contributed by atoms with Crippen molar-refractivity contribution in [3.63, 3.8) is 0 Å².